The molecule has 0 radical (unpaired) electrons. The van der Waals surface area contributed by atoms with E-state index in [1.54, 1.807) is 11.9 Å². The minimum atomic E-state index is -0.571. The van der Waals surface area contributed by atoms with Gasteiger partial charge >= 0.3 is 0 Å². The lowest BCUT2D eigenvalue weighted by Crippen LogP contribution is -2.09. The molecule has 0 unspecified atom stereocenters. The molecule has 1 nitrogen and oxygen atoms in total. The van der Waals surface area contributed by atoms with Crippen LogP contribution in [0.1, 0.15) is 0 Å². The Kier molecular flexibility index (Phi) is 2.86. The Morgan fingerprint density at radius 2 is 1.38 bits per heavy atom. The van der Waals surface area contributed by atoms with E-state index >= 15 is 0 Å². The molecule has 82 valence electrons. The molecule has 0 atom stereocenters. The highest BCUT2D eigenvalue weighted by Crippen LogP contribution is 2.24. The third-order valence-electron chi connectivity index (χ3n) is 2.38. The lowest BCUT2D eigenvalue weighted by Gasteiger charge is -2.19. The predicted molar refractivity (Wildman–Crippen MR) is 60.9 cm³/mol. The van der Waals surface area contributed by atoms with Crippen molar-refractivity contribution < 1.29 is 8.78 Å². The number of halogens is 2. The number of hydrogen-bond donors (Lipinski definition) is 0. The van der Waals surface area contributed by atoms with Gasteiger partial charge in [-0.15, -0.1) is 0 Å². The first-order valence-corrected chi connectivity index (χ1v) is 4.92. The Morgan fingerprint density at radius 3 is 1.94 bits per heavy atom. The Hall–Kier alpha value is -1.90. The summed E-state index contributed by atoms with van der Waals surface area (Å²) in [6.07, 6.45) is 0. The second-order valence-corrected chi connectivity index (χ2v) is 3.52. The molecule has 2 aromatic carbocycles. The fourth-order valence-electron chi connectivity index (χ4n) is 1.53. The molecule has 0 heterocycles. The number of nitrogens with zero attached hydrogens (tertiary/aromatic N) is 1. The van der Waals surface area contributed by atoms with Gasteiger partial charge in [0.25, 0.3) is 0 Å². The number of anilines is 2. The Morgan fingerprint density at radius 1 is 0.812 bits per heavy atom. The van der Waals surface area contributed by atoms with Crippen LogP contribution in [-0.4, -0.2) is 7.05 Å². The van der Waals surface area contributed by atoms with Gasteiger partial charge < -0.3 is 4.90 Å². The number of para-hydroxylation sites is 1. The van der Waals surface area contributed by atoms with Gasteiger partial charge in [0, 0.05) is 24.5 Å². The van der Waals surface area contributed by atoms with E-state index in [0.29, 0.717) is 5.69 Å². The van der Waals surface area contributed by atoms with Crippen LogP contribution < -0.4 is 4.90 Å². The zero-order valence-electron chi connectivity index (χ0n) is 8.82. The topological polar surface area (TPSA) is 3.24 Å². The third kappa shape index (κ3) is 2.19. The van der Waals surface area contributed by atoms with Crippen molar-refractivity contribution in [3.63, 3.8) is 0 Å². The lowest BCUT2D eigenvalue weighted by molar-refractivity contribution is 0.583. The smallest absolute Gasteiger partial charge is 0.128 e. The monoisotopic (exact) mass is 219 g/mol. The zero-order valence-corrected chi connectivity index (χ0v) is 8.82. The summed E-state index contributed by atoms with van der Waals surface area (Å²) in [5, 5.41) is 0. The molecule has 0 amide bonds. The van der Waals surface area contributed by atoms with Crippen molar-refractivity contribution in [2.75, 3.05) is 11.9 Å². The molecule has 0 aliphatic carbocycles. The van der Waals surface area contributed by atoms with E-state index in [4.69, 9.17) is 0 Å². The quantitative estimate of drug-likeness (QED) is 0.743. The summed E-state index contributed by atoms with van der Waals surface area (Å²) >= 11 is 0. The largest absolute Gasteiger partial charge is 0.344 e. The van der Waals surface area contributed by atoms with Crippen LogP contribution in [-0.2, 0) is 0 Å². The first-order valence-electron chi connectivity index (χ1n) is 4.92. The van der Waals surface area contributed by atoms with Crippen molar-refractivity contribution in [1.82, 2.24) is 0 Å². The molecular formula is C13H11F2N. The summed E-state index contributed by atoms with van der Waals surface area (Å²) in [5.41, 5.74) is 1.37. The van der Waals surface area contributed by atoms with Crippen LogP contribution in [0.25, 0.3) is 0 Å². The summed E-state index contributed by atoms with van der Waals surface area (Å²) in [5.74, 6) is -1.14. The molecule has 0 saturated heterocycles. The van der Waals surface area contributed by atoms with Gasteiger partial charge in [-0.1, -0.05) is 18.2 Å². The van der Waals surface area contributed by atoms with E-state index in [2.05, 4.69) is 0 Å². The van der Waals surface area contributed by atoms with Crippen molar-refractivity contribution in [2.24, 2.45) is 0 Å². The predicted octanol–water partition coefficient (Wildman–Crippen LogP) is 3.73. The molecule has 0 N–H and O–H groups in total. The average Bonchev–Trinajstić information content (AvgIpc) is 2.28. The normalized spacial score (nSPS) is 10.2. The summed E-state index contributed by atoms with van der Waals surface area (Å²) in [7, 11) is 1.77. The van der Waals surface area contributed by atoms with Crippen molar-refractivity contribution >= 4 is 11.4 Å². The molecule has 2 rings (SSSR count). The summed E-state index contributed by atoms with van der Waals surface area (Å²) < 4.78 is 26.1. The highest BCUT2D eigenvalue weighted by molar-refractivity contribution is 5.62. The lowest BCUT2D eigenvalue weighted by atomic mass is 10.2. The number of benzene rings is 2. The minimum Gasteiger partial charge on any atom is -0.344 e. The maximum absolute atomic E-state index is 13.0. The van der Waals surface area contributed by atoms with Gasteiger partial charge in [-0.05, 0) is 24.3 Å². The van der Waals surface area contributed by atoms with Crippen molar-refractivity contribution in [2.45, 2.75) is 0 Å². The van der Waals surface area contributed by atoms with E-state index in [-0.39, 0.29) is 0 Å². The summed E-state index contributed by atoms with van der Waals surface area (Å²) in [6, 6.07) is 12.9. The molecule has 0 spiro atoms. The van der Waals surface area contributed by atoms with E-state index in [9.17, 15) is 8.78 Å². The Labute approximate surface area is 92.9 Å². The number of rotatable bonds is 2. The van der Waals surface area contributed by atoms with Crippen LogP contribution in [0.15, 0.2) is 48.5 Å². The third-order valence-corrected chi connectivity index (χ3v) is 2.38. The fourth-order valence-corrected chi connectivity index (χ4v) is 1.53. The summed E-state index contributed by atoms with van der Waals surface area (Å²) in [4.78, 5) is 1.73. The first kappa shape index (κ1) is 10.6. The molecule has 2 aromatic rings. The van der Waals surface area contributed by atoms with E-state index in [1.807, 2.05) is 30.3 Å². The average molecular weight is 219 g/mol. The molecule has 0 fully saturated rings. The molecular weight excluding hydrogens is 208 g/mol. The second kappa shape index (κ2) is 4.31. The van der Waals surface area contributed by atoms with E-state index < -0.39 is 11.6 Å². The molecule has 16 heavy (non-hydrogen) atoms. The van der Waals surface area contributed by atoms with E-state index in [0.717, 1.165) is 11.8 Å². The maximum atomic E-state index is 13.0. The first-order chi connectivity index (χ1) is 7.66. The van der Waals surface area contributed by atoms with Gasteiger partial charge in [0.05, 0.1) is 0 Å². The highest BCUT2D eigenvalue weighted by Gasteiger charge is 2.06. The summed E-state index contributed by atoms with van der Waals surface area (Å²) in [6.45, 7) is 0. The molecule has 0 aliphatic heterocycles. The van der Waals surface area contributed by atoms with Crippen molar-refractivity contribution in [1.29, 1.82) is 0 Å². The molecule has 0 aliphatic rings. The Bertz CT molecular complexity index is 462. The molecule has 0 saturated carbocycles. The van der Waals surface area contributed by atoms with Crippen LogP contribution in [0.4, 0.5) is 20.2 Å². The van der Waals surface area contributed by atoms with Crippen LogP contribution >= 0.6 is 0 Å². The second-order valence-electron chi connectivity index (χ2n) is 3.52. The molecule has 3 heteroatoms. The van der Waals surface area contributed by atoms with Crippen LogP contribution in [0.5, 0.6) is 0 Å². The Balaban J connectivity index is 2.37. The maximum Gasteiger partial charge on any atom is 0.128 e. The number of hydrogen-bond acceptors (Lipinski definition) is 1. The van der Waals surface area contributed by atoms with Crippen LogP contribution in [0, 0.1) is 11.6 Å². The molecule has 0 aromatic heterocycles. The van der Waals surface area contributed by atoms with Crippen molar-refractivity contribution in [3.05, 3.63) is 60.2 Å². The van der Waals surface area contributed by atoms with Crippen LogP contribution in [0.3, 0.4) is 0 Å². The highest BCUT2D eigenvalue weighted by atomic mass is 19.1. The SMILES string of the molecule is CN(c1ccccc1)c1cc(F)cc(F)c1. The zero-order chi connectivity index (χ0) is 11.5. The fraction of sp³-hybridized carbons (Fsp3) is 0.0769. The van der Waals surface area contributed by atoms with Gasteiger partial charge in [0.15, 0.2) is 0 Å². The van der Waals surface area contributed by atoms with Gasteiger partial charge in [0.2, 0.25) is 0 Å². The standard InChI is InChI=1S/C13H11F2N/c1-16(12-5-3-2-4-6-12)13-8-10(14)7-11(15)9-13/h2-9H,1H3. The molecule has 0 bridgehead atoms. The van der Waals surface area contributed by atoms with Crippen LogP contribution in [0.2, 0.25) is 0 Å². The van der Waals surface area contributed by atoms with E-state index in [1.165, 1.54) is 12.1 Å². The van der Waals surface area contributed by atoms with Gasteiger partial charge in [0.1, 0.15) is 11.6 Å². The van der Waals surface area contributed by atoms with Crippen molar-refractivity contribution in [3.8, 4) is 0 Å². The van der Waals surface area contributed by atoms with Gasteiger partial charge in [-0.25, -0.2) is 8.78 Å². The van der Waals surface area contributed by atoms with Gasteiger partial charge in [-0.3, -0.25) is 0 Å². The van der Waals surface area contributed by atoms with Gasteiger partial charge in [-0.2, -0.15) is 0 Å². The minimum absolute atomic E-state index is 0.490.